The summed E-state index contributed by atoms with van der Waals surface area (Å²) in [6.45, 7) is 4.94. The third kappa shape index (κ3) is 3.31. The van der Waals surface area contributed by atoms with Crippen molar-refractivity contribution in [1.82, 2.24) is 9.88 Å². The van der Waals surface area contributed by atoms with E-state index in [4.69, 9.17) is 5.11 Å². The molecule has 1 atom stereocenters. The quantitative estimate of drug-likeness (QED) is 0.828. The summed E-state index contributed by atoms with van der Waals surface area (Å²) in [5.41, 5.74) is 0.901. The number of aromatic nitrogens is 1. The minimum atomic E-state index is -0.979. The summed E-state index contributed by atoms with van der Waals surface area (Å²) in [6, 6.07) is 5.56. The van der Waals surface area contributed by atoms with Crippen molar-refractivity contribution in [2.45, 2.75) is 32.9 Å². The van der Waals surface area contributed by atoms with E-state index in [0.29, 0.717) is 12.6 Å². The summed E-state index contributed by atoms with van der Waals surface area (Å²) < 4.78 is 0. The van der Waals surface area contributed by atoms with Gasteiger partial charge < -0.3 is 5.11 Å². The van der Waals surface area contributed by atoms with Gasteiger partial charge in [0.1, 0.15) is 5.69 Å². The van der Waals surface area contributed by atoms with E-state index in [0.717, 1.165) is 12.1 Å². The van der Waals surface area contributed by atoms with Crippen molar-refractivity contribution in [3.8, 4) is 0 Å². The highest BCUT2D eigenvalue weighted by Crippen LogP contribution is 2.07. The number of aromatic carboxylic acids is 1. The Hall–Kier alpha value is -1.42. The van der Waals surface area contributed by atoms with Crippen LogP contribution in [0, 0.1) is 0 Å². The van der Waals surface area contributed by atoms with Gasteiger partial charge in [-0.3, -0.25) is 4.90 Å². The highest BCUT2D eigenvalue weighted by atomic mass is 16.4. The van der Waals surface area contributed by atoms with Gasteiger partial charge in [0.15, 0.2) is 0 Å². The highest BCUT2D eigenvalue weighted by Gasteiger charge is 2.10. The van der Waals surface area contributed by atoms with E-state index < -0.39 is 5.97 Å². The van der Waals surface area contributed by atoms with Crippen molar-refractivity contribution in [3.63, 3.8) is 0 Å². The van der Waals surface area contributed by atoms with Gasteiger partial charge >= 0.3 is 5.97 Å². The molecule has 1 aromatic heterocycles. The highest BCUT2D eigenvalue weighted by molar-refractivity contribution is 5.85. The molecule has 1 unspecified atom stereocenters. The lowest BCUT2D eigenvalue weighted by Gasteiger charge is -2.22. The SMILES string of the molecule is CCC(C)N(C)Cc1cccc(C(=O)O)n1. The van der Waals surface area contributed by atoms with Crippen molar-refractivity contribution in [1.29, 1.82) is 0 Å². The molecule has 0 aliphatic carbocycles. The van der Waals surface area contributed by atoms with E-state index in [-0.39, 0.29) is 5.69 Å². The first kappa shape index (κ1) is 12.6. The maximum Gasteiger partial charge on any atom is 0.354 e. The van der Waals surface area contributed by atoms with Crippen LogP contribution in [0.2, 0.25) is 0 Å². The number of carbonyl (C=O) groups is 1. The summed E-state index contributed by atoms with van der Waals surface area (Å²) in [5.74, 6) is -0.979. The lowest BCUT2D eigenvalue weighted by Crippen LogP contribution is -2.28. The Morgan fingerprint density at radius 3 is 2.81 bits per heavy atom. The molecule has 1 N–H and O–H groups in total. The number of pyridine rings is 1. The third-order valence-corrected chi connectivity index (χ3v) is 2.78. The number of rotatable bonds is 5. The van der Waals surface area contributed by atoms with Crippen molar-refractivity contribution >= 4 is 5.97 Å². The minimum absolute atomic E-state index is 0.107. The van der Waals surface area contributed by atoms with Crippen LogP contribution in [0.1, 0.15) is 36.5 Å². The molecule has 1 rings (SSSR count). The molecule has 0 saturated heterocycles. The Morgan fingerprint density at radius 1 is 1.56 bits per heavy atom. The maximum absolute atomic E-state index is 10.8. The predicted molar refractivity (Wildman–Crippen MR) is 62.4 cm³/mol. The molecule has 0 aliphatic rings. The number of carboxylic acid groups (broad SMARTS) is 1. The minimum Gasteiger partial charge on any atom is -0.477 e. The number of hydrogen-bond donors (Lipinski definition) is 1. The summed E-state index contributed by atoms with van der Waals surface area (Å²) in [5, 5.41) is 8.82. The van der Waals surface area contributed by atoms with Crippen molar-refractivity contribution < 1.29 is 9.90 Å². The lowest BCUT2D eigenvalue weighted by atomic mass is 10.2. The molecule has 0 radical (unpaired) electrons. The smallest absolute Gasteiger partial charge is 0.354 e. The van der Waals surface area contributed by atoms with Gasteiger partial charge in [0, 0.05) is 12.6 Å². The van der Waals surface area contributed by atoms with E-state index in [2.05, 4.69) is 23.7 Å². The fourth-order valence-corrected chi connectivity index (χ4v) is 1.41. The summed E-state index contributed by atoms with van der Waals surface area (Å²) in [7, 11) is 2.02. The predicted octanol–water partition coefficient (Wildman–Crippen LogP) is 2.01. The summed E-state index contributed by atoms with van der Waals surface area (Å²) >= 11 is 0. The standard InChI is InChI=1S/C12H18N2O2/c1-4-9(2)14(3)8-10-6-5-7-11(13-10)12(15)16/h5-7,9H,4,8H2,1-3H3,(H,15,16). The van der Waals surface area contributed by atoms with Gasteiger partial charge in [0.05, 0.1) is 5.69 Å². The first-order chi connectivity index (χ1) is 7.54. The maximum atomic E-state index is 10.8. The average Bonchev–Trinajstić information content (AvgIpc) is 2.28. The van der Waals surface area contributed by atoms with Gasteiger partial charge in [-0.15, -0.1) is 0 Å². The molecule has 4 heteroatoms. The first-order valence-corrected chi connectivity index (χ1v) is 5.44. The monoisotopic (exact) mass is 222 g/mol. The zero-order chi connectivity index (χ0) is 12.1. The van der Waals surface area contributed by atoms with Crippen LogP contribution >= 0.6 is 0 Å². The first-order valence-electron chi connectivity index (χ1n) is 5.44. The van der Waals surface area contributed by atoms with E-state index in [1.165, 1.54) is 6.07 Å². The number of nitrogens with zero attached hydrogens (tertiary/aromatic N) is 2. The third-order valence-electron chi connectivity index (χ3n) is 2.78. The molecule has 88 valence electrons. The molecular weight excluding hydrogens is 204 g/mol. The Bertz CT molecular complexity index is 366. The van der Waals surface area contributed by atoms with E-state index >= 15 is 0 Å². The largest absolute Gasteiger partial charge is 0.477 e. The Kier molecular flexibility index (Phi) is 4.43. The molecule has 4 nitrogen and oxygen atoms in total. The zero-order valence-corrected chi connectivity index (χ0v) is 9.97. The van der Waals surface area contributed by atoms with Gasteiger partial charge in [-0.25, -0.2) is 9.78 Å². The topological polar surface area (TPSA) is 53.4 Å². The van der Waals surface area contributed by atoms with E-state index in [1.54, 1.807) is 6.07 Å². The van der Waals surface area contributed by atoms with Gasteiger partial charge in [-0.2, -0.15) is 0 Å². The Labute approximate surface area is 95.9 Å². The van der Waals surface area contributed by atoms with Crippen molar-refractivity contribution in [2.24, 2.45) is 0 Å². The molecular formula is C12H18N2O2. The van der Waals surface area contributed by atoms with Crippen LogP contribution in [0.25, 0.3) is 0 Å². The zero-order valence-electron chi connectivity index (χ0n) is 9.97. The van der Waals surface area contributed by atoms with E-state index in [9.17, 15) is 4.79 Å². The van der Waals surface area contributed by atoms with Gasteiger partial charge in [-0.05, 0) is 32.5 Å². The fraction of sp³-hybridized carbons (Fsp3) is 0.500. The van der Waals surface area contributed by atoms with Gasteiger partial charge in [0.2, 0.25) is 0 Å². The second-order valence-electron chi connectivity index (χ2n) is 3.99. The van der Waals surface area contributed by atoms with Gasteiger partial charge in [-0.1, -0.05) is 13.0 Å². The Balaban J connectivity index is 2.74. The molecule has 0 aromatic carbocycles. The van der Waals surface area contributed by atoms with Crippen molar-refractivity contribution in [2.75, 3.05) is 7.05 Å². The second kappa shape index (κ2) is 5.61. The molecule has 1 heterocycles. The lowest BCUT2D eigenvalue weighted by molar-refractivity contribution is 0.0690. The molecule has 0 aliphatic heterocycles. The van der Waals surface area contributed by atoms with Crippen LogP contribution in [-0.4, -0.2) is 34.0 Å². The van der Waals surface area contributed by atoms with Crippen molar-refractivity contribution in [3.05, 3.63) is 29.6 Å². The number of hydrogen-bond acceptors (Lipinski definition) is 3. The number of carboxylic acids is 1. The van der Waals surface area contributed by atoms with Crippen LogP contribution in [0.15, 0.2) is 18.2 Å². The summed E-state index contributed by atoms with van der Waals surface area (Å²) in [6.07, 6.45) is 1.06. The van der Waals surface area contributed by atoms with E-state index in [1.807, 2.05) is 13.1 Å². The van der Waals surface area contributed by atoms with Gasteiger partial charge in [0.25, 0.3) is 0 Å². The average molecular weight is 222 g/mol. The summed E-state index contributed by atoms with van der Waals surface area (Å²) in [4.78, 5) is 17.0. The molecule has 0 bridgehead atoms. The Morgan fingerprint density at radius 2 is 2.25 bits per heavy atom. The van der Waals surface area contributed by atoms with Crippen LogP contribution < -0.4 is 0 Å². The fourth-order valence-electron chi connectivity index (χ4n) is 1.41. The second-order valence-corrected chi connectivity index (χ2v) is 3.99. The van der Waals surface area contributed by atoms with Crippen LogP contribution in [-0.2, 0) is 6.54 Å². The molecule has 16 heavy (non-hydrogen) atoms. The molecule has 0 spiro atoms. The van der Waals surface area contributed by atoms with Crippen LogP contribution in [0.4, 0.5) is 0 Å². The molecule has 0 fully saturated rings. The van der Waals surface area contributed by atoms with Crippen LogP contribution in [0.5, 0.6) is 0 Å². The molecule has 0 saturated carbocycles. The van der Waals surface area contributed by atoms with Crippen LogP contribution in [0.3, 0.4) is 0 Å². The molecule has 0 amide bonds. The molecule has 1 aromatic rings. The normalized spacial score (nSPS) is 12.8.